The largest absolute Gasteiger partial charge is 0.387 e. The summed E-state index contributed by atoms with van der Waals surface area (Å²) in [5, 5.41) is 15.0. The van der Waals surface area contributed by atoms with Gasteiger partial charge in [-0.05, 0) is 25.8 Å². The zero-order valence-electron chi connectivity index (χ0n) is 15.3. The molecule has 6 nitrogen and oxygen atoms in total. The number of rotatable bonds is 3. The number of hydrogen-bond donors (Lipinski definition) is 2. The molecule has 2 N–H and O–H groups in total. The Morgan fingerprint density at radius 1 is 1.35 bits per heavy atom. The van der Waals surface area contributed by atoms with Gasteiger partial charge in [-0.25, -0.2) is 0 Å². The third-order valence-corrected chi connectivity index (χ3v) is 6.18. The van der Waals surface area contributed by atoms with Gasteiger partial charge in [0.05, 0.1) is 22.7 Å². The molecule has 1 aromatic heterocycles. The van der Waals surface area contributed by atoms with Crippen LogP contribution in [0.25, 0.3) is 0 Å². The minimum atomic E-state index is -0.954. The van der Waals surface area contributed by atoms with Crippen molar-refractivity contribution < 1.29 is 9.90 Å². The second kappa shape index (κ2) is 7.89. The Kier molecular flexibility index (Phi) is 6.44. The van der Waals surface area contributed by atoms with Crippen molar-refractivity contribution in [3.05, 3.63) is 33.2 Å². The summed E-state index contributed by atoms with van der Waals surface area (Å²) in [7, 11) is 3.28. The molecule has 1 amide bonds. The van der Waals surface area contributed by atoms with Crippen molar-refractivity contribution in [2.24, 2.45) is 5.41 Å². The molecular weight excluding hydrogens is 377 g/mol. The number of hydrogen-bond acceptors (Lipinski definition) is 4. The molecule has 1 saturated heterocycles. The number of aliphatic hydroxyl groups is 1. The lowest BCUT2D eigenvalue weighted by molar-refractivity contribution is -0.115. The molecule has 26 heavy (non-hydrogen) atoms. The molecular formula is C18H27Cl2N3O3. The number of carbonyl (C=O) groups is 1. The summed E-state index contributed by atoms with van der Waals surface area (Å²) in [6, 6.07) is 1.27. The fraction of sp³-hybridized carbons (Fsp3) is 0.667. The summed E-state index contributed by atoms with van der Waals surface area (Å²) in [6.07, 6.45) is 6.22. The molecule has 1 aromatic rings. The zero-order valence-corrected chi connectivity index (χ0v) is 16.8. The van der Waals surface area contributed by atoms with Gasteiger partial charge in [0.1, 0.15) is 0 Å². The summed E-state index contributed by atoms with van der Waals surface area (Å²) in [4.78, 5) is 26.2. The van der Waals surface area contributed by atoms with Crippen LogP contribution in [0.3, 0.4) is 0 Å². The predicted molar refractivity (Wildman–Crippen MR) is 104 cm³/mol. The van der Waals surface area contributed by atoms with E-state index in [0.29, 0.717) is 6.42 Å². The van der Waals surface area contributed by atoms with E-state index in [9.17, 15) is 14.7 Å². The van der Waals surface area contributed by atoms with E-state index in [1.165, 1.54) is 21.7 Å². The maximum atomic E-state index is 12.4. The second-order valence-corrected chi connectivity index (χ2v) is 8.05. The summed E-state index contributed by atoms with van der Waals surface area (Å²) >= 11 is 6.11. The van der Waals surface area contributed by atoms with Gasteiger partial charge in [-0.15, -0.1) is 12.4 Å². The van der Waals surface area contributed by atoms with Crippen LogP contribution >= 0.6 is 24.0 Å². The van der Waals surface area contributed by atoms with E-state index in [4.69, 9.17) is 11.6 Å². The van der Waals surface area contributed by atoms with Gasteiger partial charge in [0.15, 0.2) is 0 Å². The van der Waals surface area contributed by atoms with Crippen molar-refractivity contribution in [3.8, 4) is 0 Å². The first-order chi connectivity index (χ1) is 11.8. The number of piperidine rings is 1. The summed E-state index contributed by atoms with van der Waals surface area (Å²) in [6.45, 7) is 1.69. The van der Waals surface area contributed by atoms with E-state index in [2.05, 4.69) is 5.32 Å². The predicted octanol–water partition coefficient (Wildman–Crippen LogP) is 1.91. The van der Waals surface area contributed by atoms with E-state index in [0.717, 1.165) is 38.8 Å². The van der Waals surface area contributed by atoms with Crippen LogP contribution in [0.4, 0.5) is 0 Å². The average Bonchev–Trinajstić information content (AvgIpc) is 3.03. The fourth-order valence-corrected chi connectivity index (χ4v) is 4.57. The van der Waals surface area contributed by atoms with Crippen LogP contribution in [-0.4, -0.2) is 53.3 Å². The highest BCUT2D eigenvalue weighted by atomic mass is 35.5. The number of carbonyl (C=O) groups excluding carboxylic acids is 1. The fourth-order valence-electron chi connectivity index (χ4n) is 4.35. The Bertz CT molecular complexity index is 729. The van der Waals surface area contributed by atoms with Gasteiger partial charge < -0.3 is 19.9 Å². The third-order valence-electron chi connectivity index (χ3n) is 5.87. The number of halogens is 2. The molecule has 3 rings (SSSR count). The lowest BCUT2D eigenvalue weighted by Crippen LogP contribution is -2.60. The molecule has 1 unspecified atom stereocenters. The van der Waals surface area contributed by atoms with Gasteiger partial charge in [-0.3, -0.25) is 9.59 Å². The van der Waals surface area contributed by atoms with Gasteiger partial charge in [-0.2, -0.15) is 0 Å². The van der Waals surface area contributed by atoms with Crippen LogP contribution < -0.4 is 10.9 Å². The molecule has 1 aliphatic heterocycles. The van der Waals surface area contributed by atoms with Crippen LogP contribution in [0.2, 0.25) is 5.02 Å². The van der Waals surface area contributed by atoms with Crippen molar-refractivity contribution in [2.75, 3.05) is 27.2 Å². The van der Waals surface area contributed by atoms with Crippen LogP contribution in [0.5, 0.6) is 0 Å². The monoisotopic (exact) mass is 403 g/mol. The standard InChI is InChI=1S/C18H26ClN3O3.ClH/c1-21(2)16(24)13-10-22(15(23)9-14(13)19)12-18(25)7-8-20-11-17(18)5-3-4-6-17;/h9-10,20,25H,3-8,11-12H2,1-2H3;1H. The van der Waals surface area contributed by atoms with Crippen molar-refractivity contribution >= 4 is 29.9 Å². The Labute approximate surface area is 164 Å². The van der Waals surface area contributed by atoms with Crippen molar-refractivity contribution in [1.82, 2.24) is 14.8 Å². The van der Waals surface area contributed by atoms with Crippen molar-refractivity contribution in [1.29, 1.82) is 0 Å². The third kappa shape index (κ3) is 3.65. The zero-order chi connectivity index (χ0) is 18.2. The Morgan fingerprint density at radius 3 is 2.62 bits per heavy atom. The van der Waals surface area contributed by atoms with Crippen molar-refractivity contribution in [2.45, 2.75) is 44.2 Å². The first-order valence-corrected chi connectivity index (χ1v) is 9.21. The number of amides is 1. The normalized spacial score (nSPS) is 24.3. The van der Waals surface area contributed by atoms with E-state index >= 15 is 0 Å². The molecule has 1 atom stereocenters. The van der Waals surface area contributed by atoms with Crippen molar-refractivity contribution in [3.63, 3.8) is 0 Å². The van der Waals surface area contributed by atoms with E-state index in [1.54, 1.807) is 14.1 Å². The minimum absolute atomic E-state index is 0. The molecule has 2 aliphatic rings. The summed E-state index contributed by atoms with van der Waals surface area (Å²) in [5.41, 5.74) is -1.16. The van der Waals surface area contributed by atoms with E-state index < -0.39 is 5.60 Å². The van der Waals surface area contributed by atoms with Gasteiger partial charge >= 0.3 is 0 Å². The quantitative estimate of drug-likeness (QED) is 0.807. The molecule has 0 radical (unpaired) electrons. The number of nitrogens with one attached hydrogen (secondary N) is 1. The average molecular weight is 404 g/mol. The molecule has 0 aromatic carbocycles. The topological polar surface area (TPSA) is 74.6 Å². The molecule has 1 spiro atoms. The Hall–Kier alpha value is -1.08. The molecule has 0 bridgehead atoms. The van der Waals surface area contributed by atoms with Gasteiger partial charge in [-0.1, -0.05) is 24.4 Å². The first kappa shape index (κ1) is 21.2. The summed E-state index contributed by atoms with van der Waals surface area (Å²) < 4.78 is 1.45. The second-order valence-electron chi connectivity index (χ2n) is 7.65. The highest BCUT2D eigenvalue weighted by molar-refractivity contribution is 6.33. The van der Waals surface area contributed by atoms with Crippen LogP contribution in [-0.2, 0) is 6.54 Å². The van der Waals surface area contributed by atoms with Gasteiger partial charge in [0.25, 0.3) is 11.5 Å². The van der Waals surface area contributed by atoms with Gasteiger partial charge in [0, 0.05) is 38.3 Å². The first-order valence-electron chi connectivity index (χ1n) is 8.83. The Morgan fingerprint density at radius 2 is 2.00 bits per heavy atom. The smallest absolute Gasteiger partial charge is 0.256 e. The van der Waals surface area contributed by atoms with E-state index in [1.807, 2.05) is 0 Å². The SMILES string of the molecule is CN(C)C(=O)c1cn(CC2(O)CCNCC23CCCC3)c(=O)cc1Cl.Cl. The number of pyridine rings is 1. The highest BCUT2D eigenvalue weighted by Gasteiger charge is 2.53. The lowest BCUT2D eigenvalue weighted by atomic mass is 9.66. The maximum Gasteiger partial charge on any atom is 0.256 e. The van der Waals surface area contributed by atoms with E-state index in [-0.39, 0.29) is 46.4 Å². The molecule has 1 saturated carbocycles. The summed E-state index contributed by atoms with van der Waals surface area (Å²) in [5.74, 6) is -0.258. The van der Waals surface area contributed by atoms with Gasteiger partial charge in [0.2, 0.25) is 0 Å². The molecule has 146 valence electrons. The molecule has 2 heterocycles. The number of nitrogens with zero attached hydrogens (tertiary/aromatic N) is 2. The Balaban J connectivity index is 0.00000243. The molecule has 1 aliphatic carbocycles. The maximum absolute atomic E-state index is 12.4. The van der Waals surface area contributed by atoms with Crippen LogP contribution in [0.15, 0.2) is 17.1 Å². The van der Waals surface area contributed by atoms with Crippen LogP contribution in [0, 0.1) is 5.41 Å². The molecule has 8 heteroatoms. The minimum Gasteiger partial charge on any atom is -0.387 e. The lowest BCUT2D eigenvalue weighted by Gasteiger charge is -2.49. The number of aromatic nitrogens is 1. The molecule has 2 fully saturated rings. The highest BCUT2D eigenvalue weighted by Crippen LogP contribution is 2.49. The van der Waals surface area contributed by atoms with Crippen LogP contribution in [0.1, 0.15) is 42.5 Å².